The SMILES string of the molecule is Cc1cccc(C(=O)NCCS(=O)(=O)N2CCN(CCc3ccccc3)CC2)c1. The van der Waals surface area contributed by atoms with Crippen molar-refractivity contribution in [3.63, 3.8) is 0 Å². The molecule has 0 unspecified atom stereocenters. The minimum atomic E-state index is -3.37. The van der Waals surface area contributed by atoms with Crippen LogP contribution in [0.5, 0.6) is 0 Å². The van der Waals surface area contributed by atoms with E-state index in [1.165, 1.54) is 5.56 Å². The van der Waals surface area contributed by atoms with Crippen LogP contribution in [-0.4, -0.2) is 68.6 Å². The fourth-order valence-corrected chi connectivity index (χ4v) is 4.81. The van der Waals surface area contributed by atoms with Gasteiger partial charge in [-0.3, -0.25) is 4.79 Å². The Kier molecular flexibility index (Phi) is 7.41. The third-order valence-electron chi connectivity index (χ3n) is 5.21. The maximum Gasteiger partial charge on any atom is 0.251 e. The second kappa shape index (κ2) is 10.0. The number of rotatable bonds is 8. The van der Waals surface area contributed by atoms with Gasteiger partial charge < -0.3 is 10.2 Å². The largest absolute Gasteiger partial charge is 0.351 e. The third kappa shape index (κ3) is 6.39. The lowest BCUT2D eigenvalue weighted by Crippen LogP contribution is -2.50. The van der Waals surface area contributed by atoms with Gasteiger partial charge in [0, 0.05) is 44.8 Å². The van der Waals surface area contributed by atoms with Crippen LogP contribution < -0.4 is 5.32 Å². The number of amides is 1. The Bertz CT molecular complexity index is 908. The zero-order valence-corrected chi connectivity index (χ0v) is 17.7. The van der Waals surface area contributed by atoms with Gasteiger partial charge in [0.25, 0.3) is 5.91 Å². The Morgan fingerprint density at radius 1 is 1.00 bits per heavy atom. The number of hydrogen-bond donors (Lipinski definition) is 1. The van der Waals surface area contributed by atoms with Crippen molar-refractivity contribution in [1.29, 1.82) is 0 Å². The number of piperazine rings is 1. The number of carbonyl (C=O) groups excluding carboxylic acids is 1. The summed E-state index contributed by atoms with van der Waals surface area (Å²) in [5.41, 5.74) is 2.84. The Morgan fingerprint density at radius 2 is 1.72 bits per heavy atom. The van der Waals surface area contributed by atoms with Gasteiger partial charge in [-0.2, -0.15) is 4.31 Å². The first kappa shape index (κ1) is 21.5. The van der Waals surface area contributed by atoms with E-state index in [9.17, 15) is 13.2 Å². The molecule has 156 valence electrons. The summed E-state index contributed by atoms with van der Waals surface area (Å²) >= 11 is 0. The summed E-state index contributed by atoms with van der Waals surface area (Å²) in [6.07, 6.45) is 0.971. The van der Waals surface area contributed by atoms with Gasteiger partial charge in [0.15, 0.2) is 0 Å². The van der Waals surface area contributed by atoms with E-state index in [0.29, 0.717) is 18.7 Å². The summed E-state index contributed by atoms with van der Waals surface area (Å²) in [6, 6.07) is 17.6. The molecule has 0 radical (unpaired) electrons. The van der Waals surface area contributed by atoms with Gasteiger partial charge in [-0.1, -0.05) is 48.0 Å². The first-order valence-corrected chi connectivity index (χ1v) is 11.6. The number of sulfonamides is 1. The Balaban J connectivity index is 1.40. The molecule has 1 amide bonds. The van der Waals surface area contributed by atoms with Crippen molar-refractivity contribution in [2.75, 3.05) is 45.0 Å². The Labute approximate surface area is 173 Å². The first-order chi connectivity index (χ1) is 13.9. The molecule has 0 aliphatic carbocycles. The number of nitrogens with one attached hydrogen (secondary N) is 1. The van der Waals surface area contributed by atoms with Gasteiger partial charge in [0.2, 0.25) is 10.0 Å². The van der Waals surface area contributed by atoms with Crippen LogP contribution in [0.3, 0.4) is 0 Å². The van der Waals surface area contributed by atoms with Crippen LogP contribution in [0.15, 0.2) is 54.6 Å². The Hall–Kier alpha value is -2.22. The average molecular weight is 416 g/mol. The number of aryl methyl sites for hydroxylation is 1. The molecule has 1 aliphatic heterocycles. The molecule has 0 aromatic heterocycles. The van der Waals surface area contributed by atoms with E-state index in [4.69, 9.17) is 0 Å². The maximum absolute atomic E-state index is 12.6. The van der Waals surface area contributed by atoms with Crippen LogP contribution >= 0.6 is 0 Å². The molecule has 1 heterocycles. The lowest BCUT2D eigenvalue weighted by Gasteiger charge is -2.34. The summed E-state index contributed by atoms with van der Waals surface area (Å²) in [4.78, 5) is 14.5. The molecular formula is C22H29N3O3S. The van der Waals surface area contributed by atoms with E-state index in [1.54, 1.807) is 16.4 Å². The monoisotopic (exact) mass is 415 g/mol. The van der Waals surface area contributed by atoms with Crippen LogP contribution in [0, 0.1) is 6.92 Å². The van der Waals surface area contributed by atoms with Gasteiger partial charge in [-0.15, -0.1) is 0 Å². The maximum atomic E-state index is 12.6. The summed E-state index contributed by atoms with van der Waals surface area (Å²) in [6.45, 7) is 5.45. The average Bonchev–Trinajstić information content (AvgIpc) is 2.73. The van der Waals surface area contributed by atoms with E-state index in [1.807, 2.05) is 37.3 Å². The smallest absolute Gasteiger partial charge is 0.251 e. The topological polar surface area (TPSA) is 69.7 Å². The molecule has 0 spiro atoms. The molecule has 1 saturated heterocycles. The number of carbonyl (C=O) groups is 1. The van der Waals surface area contributed by atoms with Crippen LogP contribution in [0.4, 0.5) is 0 Å². The lowest BCUT2D eigenvalue weighted by atomic mass is 10.1. The highest BCUT2D eigenvalue weighted by Gasteiger charge is 2.26. The number of benzene rings is 2. The normalized spacial score (nSPS) is 15.9. The van der Waals surface area contributed by atoms with Crippen LogP contribution in [-0.2, 0) is 16.4 Å². The van der Waals surface area contributed by atoms with Crippen molar-refractivity contribution in [2.45, 2.75) is 13.3 Å². The summed E-state index contributed by atoms with van der Waals surface area (Å²) < 4.78 is 26.7. The van der Waals surface area contributed by atoms with Crippen molar-refractivity contribution in [1.82, 2.24) is 14.5 Å². The molecule has 7 heteroatoms. The molecule has 1 aliphatic rings. The quantitative estimate of drug-likeness (QED) is 0.715. The highest BCUT2D eigenvalue weighted by atomic mass is 32.2. The van der Waals surface area contributed by atoms with Crippen LogP contribution in [0.2, 0.25) is 0 Å². The second-order valence-corrected chi connectivity index (χ2v) is 9.51. The summed E-state index contributed by atoms with van der Waals surface area (Å²) in [7, 11) is -3.37. The van der Waals surface area contributed by atoms with E-state index >= 15 is 0 Å². The molecule has 3 rings (SSSR count). The van der Waals surface area contributed by atoms with Crippen molar-refractivity contribution >= 4 is 15.9 Å². The fourth-order valence-electron chi connectivity index (χ4n) is 3.47. The molecule has 2 aromatic carbocycles. The zero-order valence-electron chi connectivity index (χ0n) is 16.9. The van der Waals surface area contributed by atoms with Crippen molar-refractivity contribution in [3.8, 4) is 0 Å². The predicted octanol–water partition coefficient (Wildman–Crippen LogP) is 1.91. The molecule has 1 N–H and O–H groups in total. The highest BCUT2D eigenvalue weighted by Crippen LogP contribution is 2.10. The van der Waals surface area contributed by atoms with Gasteiger partial charge in [0.1, 0.15) is 0 Å². The molecule has 1 fully saturated rings. The van der Waals surface area contributed by atoms with E-state index in [2.05, 4.69) is 22.3 Å². The van der Waals surface area contributed by atoms with Gasteiger partial charge in [-0.05, 0) is 31.0 Å². The first-order valence-electron chi connectivity index (χ1n) is 10.0. The fraction of sp³-hybridized carbons (Fsp3) is 0.409. The molecule has 0 atom stereocenters. The number of nitrogens with zero attached hydrogens (tertiary/aromatic N) is 2. The van der Waals surface area contributed by atoms with Crippen molar-refractivity contribution in [3.05, 3.63) is 71.3 Å². The lowest BCUT2D eigenvalue weighted by molar-refractivity contribution is 0.0956. The molecular weight excluding hydrogens is 386 g/mol. The van der Waals surface area contributed by atoms with E-state index in [0.717, 1.165) is 31.6 Å². The predicted molar refractivity (Wildman–Crippen MR) is 115 cm³/mol. The van der Waals surface area contributed by atoms with Crippen LogP contribution in [0.25, 0.3) is 0 Å². The zero-order chi connectivity index (χ0) is 20.7. The van der Waals surface area contributed by atoms with Gasteiger partial charge in [0.05, 0.1) is 5.75 Å². The molecule has 2 aromatic rings. The van der Waals surface area contributed by atoms with E-state index < -0.39 is 10.0 Å². The minimum Gasteiger partial charge on any atom is -0.351 e. The molecule has 0 saturated carbocycles. The van der Waals surface area contributed by atoms with Crippen molar-refractivity contribution in [2.24, 2.45) is 0 Å². The Morgan fingerprint density at radius 3 is 2.41 bits per heavy atom. The standard InChI is InChI=1S/C22H29N3O3S/c1-19-6-5-9-21(18-19)22(26)23-11-17-29(27,28)25-15-13-24(14-16-25)12-10-20-7-3-2-4-8-20/h2-9,18H,10-17H2,1H3,(H,23,26). The van der Waals surface area contributed by atoms with Crippen molar-refractivity contribution < 1.29 is 13.2 Å². The van der Waals surface area contributed by atoms with Gasteiger partial charge >= 0.3 is 0 Å². The second-order valence-electron chi connectivity index (χ2n) is 7.42. The van der Waals surface area contributed by atoms with Crippen LogP contribution in [0.1, 0.15) is 21.5 Å². The van der Waals surface area contributed by atoms with E-state index in [-0.39, 0.29) is 18.2 Å². The minimum absolute atomic E-state index is 0.0748. The van der Waals surface area contributed by atoms with Gasteiger partial charge in [-0.25, -0.2) is 8.42 Å². The number of hydrogen-bond acceptors (Lipinski definition) is 4. The summed E-state index contributed by atoms with van der Waals surface area (Å²) in [5.74, 6) is -0.316. The highest BCUT2D eigenvalue weighted by molar-refractivity contribution is 7.89. The molecule has 6 nitrogen and oxygen atoms in total. The third-order valence-corrected chi connectivity index (χ3v) is 7.08. The summed E-state index contributed by atoms with van der Waals surface area (Å²) in [5, 5.41) is 2.71. The molecule has 29 heavy (non-hydrogen) atoms. The molecule has 0 bridgehead atoms.